The fourth-order valence-corrected chi connectivity index (χ4v) is 3.55. The summed E-state index contributed by atoms with van der Waals surface area (Å²) < 4.78 is 7.34. The highest BCUT2D eigenvalue weighted by Crippen LogP contribution is 2.23. The molecule has 0 atom stereocenters. The number of benzene rings is 2. The summed E-state index contributed by atoms with van der Waals surface area (Å²) in [4.78, 5) is 16.2. The molecule has 0 saturated heterocycles. The predicted octanol–water partition coefficient (Wildman–Crippen LogP) is 3.75. The maximum absolute atomic E-state index is 13.0. The van der Waals surface area contributed by atoms with Gasteiger partial charge >= 0.3 is 0 Å². The number of hydrogen-bond acceptors (Lipinski definition) is 4. The molecule has 2 heterocycles. The molecule has 0 unspecified atom stereocenters. The van der Waals surface area contributed by atoms with Crippen molar-refractivity contribution in [3.8, 4) is 5.75 Å². The molecule has 0 spiro atoms. The van der Waals surface area contributed by atoms with Gasteiger partial charge in [-0.3, -0.25) is 4.79 Å². The summed E-state index contributed by atoms with van der Waals surface area (Å²) in [6.07, 6.45) is 0.708. The van der Waals surface area contributed by atoms with E-state index in [-0.39, 0.29) is 5.91 Å². The Morgan fingerprint density at radius 3 is 2.69 bits per heavy atom. The number of fused-ring (bicyclic) bond motifs is 1. The van der Waals surface area contributed by atoms with Gasteiger partial charge in [0.25, 0.3) is 5.91 Å². The van der Waals surface area contributed by atoms with Crippen molar-refractivity contribution in [2.24, 2.45) is 5.73 Å². The summed E-state index contributed by atoms with van der Waals surface area (Å²) in [5, 5.41) is 5.37. The summed E-state index contributed by atoms with van der Waals surface area (Å²) in [7, 11) is 0. The van der Waals surface area contributed by atoms with Crippen LogP contribution < -0.4 is 10.5 Å². The number of nitrogens with zero attached hydrogens (tertiary/aromatic N) is 2. The van der Waals surface area contributed by atoms with E-state index in [9.17, 15) is 4.79 Å². The number of aryl methyl sites for hydroxylation is 1. The van der Waals surface area contributed by atoms with Gasteiger partial charge in [-0.2, -0.15) is 9.78 Å². The minimum Gasteiger partial charge on any atom is -0.489 e. The van der Waals surface area contributed by atoms with Crippen molar-refractivity contribution >= 4 is 16.8 Å². The third kappa shape index (κ3) is 3.79. The van der Waals surface area contributed by atoms with E-state index < -0.39 is 0 Å². The van der Waals surface area contributed by atoms with Gasteiger partial charge in [-0.05, 0) is 56.1 Å². The molecular weight excluding hydrogens is 364 g/mol. The van der Waals surface area contributed by atoms with Crippen LogP contribution in [-0.4, -0.2) is 27.2 Å². The highest BCUT2D eigenvalue weighted by Gasteiger charge is 2.19. The number of ether oxygens (including phenoxy) is 1. The minimum absolute atomic E-state index is 0.183. The fourth-order valence-electron chi connectivity index (χ4n) is 3.55. The molecule has 4 aromatic rings. The van der Waals surface area contributed by atoms with Crippen molar-refractivity contribution in [2.45, 2.75) is 26.9 Å². The maximum atomic E-state index is 13.0. The highest BCUT2D eigenvalue weighted by molar-refractivity contribution is 5.99. The van der Waals surface area contributed by atoms with Gasteiger partial charge in [0.1, 0.15) is 18.1 Å². The van der Waals surface area contributed by atoms with Gasteiger partial charge in [0.15, 0.2) is 0 Å². The van der Waals surface area contributed by atoms with Crippen LogP contribution in [0.25, 0.3) is 10.9 Å². The summed E-state index contributed by atoms with van der Waals surface area (Å²) in [6.45, 7) is 4.83. The Morgan fingerprint density at radius 2 is 1.93 bits per heavy atom. The van der Waals surface area contributed by atoms with E-state index >= 15 is 0 Å². The third-order valence-electron chi connectivity index (χ3n) is 5.10. The number of nitrogens with one attached hydrogen (secondary N) is 1. The molecular formula is C23H24N4O2. The van der Waals surface area contributed by atoms with Crippen LogP contribution in [0, 0.1) is 13.8 Å². The summed E-state index contributed by atoms with van der Waals surface area (Å²) in [6, 6.07) is 17.6. The SMILES string of the molecule is Cc1nn(C(=O)c2cc3ccc(OCc4ccccc4)cc3[nH]2)c(C)c1CCN. The lowest BCUT2D eigenvalue weighted by atomic mass is 10.1. The van der Waals surface area contributed by atoms with Gasteiger partial charge in [-0.25, -0.2) is 0 Å². The first-order chi connectivity index (χ1) is 14.1. The van der Waals surface area contributed by atoms with Gasteiger partial charge in [-0.1, -0.05) is 30.3 Å². The van der Waals surface area contributed by atoms with Crippen molar-refractivity contribution in [1.82, 2.24) is 14.8 Å². The molecule has 0 saturated carbocycles. The quantitative estimate of drug-likeness (QED) is 0.527. The van der Waals surface area contributed by atoms with E-state index in [1.54, 1.807) is 0 Å². The second kappa shape index (κ2) is 7.93. The van der Waals surface area contributed by atoms with Crippen molar-refractivity contribution in [3.05, 3.63) is 82.8 Å². The molecule has 0 radical (unpaired) electrons. The molecule has 2 aromatic carbocycles. The topological polar surface area (TPSA) is 85.9 Å². The molecule has 3 N–H and O–H groups in total. The van der Waals surface area contributed by atoms with Crippen LogP contribution in [0.1, 0.15) is 33.0 Å². The molecule has 0 aliphatic carbocycles. The lowest BCUT2D eigenvalue weighted by Gasteiger charge is -2.06. The van der Waals surface area contributed by atoms with Gasteiger partial charge < -0.3 is 15.5 Å². The molecule has 0 aliphatic heterocycles. The Bertz CT molecular complexity index is 1160. The lowest BCUT2D eigenvalue weighted by molar-refractivity contribution is 0.0938. The third-order valence-corrected chi connectivity index (χ3v) is 5.10. The van der Waals surface area contributed by atoms with Crippen molar-refractivity contribution in [3.63, 3.8) is 0 Å². The summed E-state index contributed by atoms with van der Waals surface area (Å²) in [5.74, 6) is 0.565. The second-order valence-electron chi connectivity index (χ2n) is 7.11. The maximum Gasteiger partial charge on any atom is 0.294 e. The number of rotatable bonds is 6. The molecule has 2 aromatic heterocycles. The molecule has 6 nitrogen and oxygen atoms in total. The number of carbonyl (C=O) groups excluding carboxylic acids is 1. The summed E-state index contributed by atoms with van der Waals surface area (Å²) >= 11 is 0. The van der Waals surface area contributed by atoms with Crippen LogP contribution in [0.4, 0.5) is 0 Å². The first-order valence-corrected chi connectivity index (χ1v) is 9.66. The Hall–Kier alpha value is -3.38. The number of carbonyl (C=O) groups is 1. The minimum atomic E-state index is -0.183. The predicted molar refractivity (Wildman–Crippen MR) is 113 cm³/mol. The number of H-pyrrole nitrogens is 1. The number of hydrogen-bond donors (Lipinski definition) is 2. The van der Waals surface area contributed by atoms with Crippen LogP contribution in [0.5, 0.6) is 5.75 Å². The number of nitrogens with two attached hydrogens (primary N) is 1. The van der Waals surface area contributed by atoms with Crippen molar-refractivity contribution in [1.29, 1.82) is 0 Å². The van der Waals surface area contributed by atoms with Crippen molar-refractivity contribution < 1.29 is 9.53 Å². The molecule has 148 valence electrons. The molecule has 29 heavy (non-hydrogen) atoms. The van der Waals surface area contributed by atoms with Crippen LogP contribution in [0.15, 0.2) is 54.6 Å². The van der Waals surface area contributed by atoms with E-state index in [1.165, 1.54) is 4.68 Å². The number of aromatic nitrogens is 3. The van der Waals surface area contributed by atoms with Gasteiger partial charge in [0.2, 0.25) is 0 Å². The molecule has 4 rings (SSSR count). The van der Waals surface area contributed by atoms with E-state index in [4.69, 9.17) is 10.5 Å². The van der Waals surface area contributed by atoms with E-state index in [0.29, 0.717) is 25.3 Å². The Morgan fingerprint density at radius 1 is 1.14 bits per heavy atom. The zero-order chi connectivity index (χ0) is 20.4. The Balaban J connectivity index is 1.57. The first kappa shape index (κ1) is 19.0. The Labute approximate surface area is 169 Å². The van der Waals surface area contributed by atoms with E-state index in [0.717, 1.165) is 39.2 Å². The average molecular weight is 388 g/mol. The first-order valence-electron chi connectivity index (χ1n) is 9.66. The van der Waals surface area contributed by atoms with E-state index in [1.807, 2.05) is 68.4 Å². The van der Waals surface area contributed by atoms with Gasteiger partial charge in [0, 0.05) is 22.7 Å². The standard InChI is InChI=1S/C23H24N4O2/c1-15-20(10-11-24)16(2)27(26-15)23(28)22-12-18-8-9-19(13-21(18)25-22)29-14-17-6-4-3-5-7-17/h3-9,12-13,25H,10-11,14,24H2,1-2H3. The molecule has 6 heteroatoms. The molecule has 0 aliphatic rings. The van der Waals surface area contributed by atoms with Crippen LogP contribution in [-0.2, 0) is 13.0 Å². The van der Waals surface area contributed by atoms with Crippen LogP contribution in [0.3, 0.4) is 0 Å². The molecule has 0 amide bonds. The van der Waals surface area contributed by atoms with Crippen LogP contribution >= 0.6 is 0 Å². The average Bonchev–Trinajstić information content (AvgIpc) is 3.28. The van der Waals surface area contributed by atoms with Gasteiger partial charge in [-0.15, -0.1) is 0 Å². The highest BCUT2D eigenvalue weighted by atomic mass is 16.5. The largest absolute Gasteiger partial charge is 0.489 e. The monoisotopic (exact) mass is 388 g/mol. The van der Waals surface area contributed by atoms with Crippen LogP contribution in [0.2, 0.25) is 0 Å². The van der Waals surface area contributed by atoms with E-state index in [2.05, 4.69) is 10.1 Å². The Kier molecular flexibility index (Phi) is 5.18. The summed E-state index contributed by atoms with van der Waals surface area (Å²) in [5.41, 5.74) is 10.8. The number of aromatic amines is 1. The van der Waals surface area contributed by atoms with Crippen molar-refractivity contribution in [2.75, 3.05) is 6.54 Å². The zero-order valence-corrected chi connectivity index (χ0v) is 16.6. The fraction of sp³-hybridized carbons (Fsp3) is 0.217. The normalized spacial score (nSPS) is 11.1. The second-order valence-corrected chi connectivity index (χ2v) is 7.11. The lowest BCUT2D eigenvalue weighted by Crippen LogP contribution is -2.16. The smallest absolute Gasteiger partial charge is 0.294 e. The van der Waals surface area contributed by atoms with Gasteiger partial charge in [0.05, 0.1) is 5.69 Å². The zero-order valence-electron chi connectivity index (χ0n) is 16.6. The molecule has 0 bridgehead atoms. The molecule has 0 fully saturated rings.